The van der Waals surface area contributed by atoms with Gasteiger partial charge in [0.25, 0.3) is 0 Å². The minimum absolute atomic E-state index is 0.944. The van der Waals surface area contributed by atoms with E-state index >= 15 is 0 Å². The van der Waals surface area contributed by atoms with Crippen molar-refractivity contribution >= 4 is 11.4 Å². The van der Waals surface area contributed by atoms with Crippen molar-refractivity contribution in [3.63, 3.8) is 0 Å². The minimum atomic E-state index is 0.944. The third-order valence-electron chi connectivity index (χ3n) is 2.85. The average molecular weight is 256 g/mol. The zero-order valence-electron chi connectivity index (χ0n) is 11.3. The van der Waals surface area contributed by atoms with Crippen molar-refractivity contribution < 1.29 is 0 Å². The van der Waals surface area contributed by atoms with Gasteiger partial charge in [0, 0.05) is 25.5 Å². The van der Waals surface area contributed by atoms with Gasteiger partial charge < -0.3 is 10.9 Å². The molecular formula is C15H20N4. The second-order valence-corrected chi connectivity index (χ2v) is 4.32. The number of benzene rings is 2. The Labute approximate surface area is 114 Å². The number of hydrogen-bond donors (Lipinski definition) is 4. The Bertz CT molecular complexity index is 443. The normalized spacial score (nSPS) is 10.2. The van der Waals surface area contributed by atoms with Crippen molar-refractivity contribution in [3.8, 4) is 0 Å². The van der Waals surface area contributed by atoms with Crippen molar-refractivity contribution in [1.82, 2.24) is 10.9 Å². The van der Waals surface area contributed by atoms with Crippen molar-refractivity contribution in [2.75, 3.05) is 24.9 Å². The van der Waals surface area contributed by atoms with E-state index < -0.39 is 0 Å². The van der Waals surface area contributed by atoms with Crippen LogP contribution in [0.4, 0.5) is 11.4 Å². The highest BCUT2D eigenvalue weighted by atomic mass is 15.3. The van der Waals surface area contributed by atoms with Crippen LogP contribution in [0.1, 0.15) is 11.1 Å². The Balaban J connectivity index is 1.99. The molecule has 0 aromatic heterocycles. The first-order valence-electron chi connectivity index (χ1n) is 6.35. The van der Waals surface area contributed by atoms with Crippen LogP contribution in [0.5, 0.6) is 0 Å². The molecule has 19 heavy (non-hydrogen) atoms. The molecule has 0 bridgehead atoms. The summed E-state index contributed by atoms with van der Waals surface area (Å²) in [5, 5.41) is 0. The topological polar surface area (TPSA) is 48.1 Å². The molecule has 0 saturated carbocycles. The van der Waals surface area contributed by atoms with E-state index in [4.69, 9.17) is 0 Å². The average Bonchev–Trinajstić information content (AvgIpc) is 2.44. The van der Waals surface area contributed by atoms with Gasteiger partial charge in [-0.15, -0.1) is 0 Å². The Kier molecular flexibility index (Phi) is 4.78. The van der Waals surface area contributed by atoms with Gasteiger partial charge in [0.05, 0.1) is 0 Å². The first-order valence-corrected chi connectivity index (χ1v) is 6.35. The van der Waals surface area contributed by atoms with Crippen molar-refractivity contribution in [2.45, 2.75) is 6.42 Å². The summed E-state index contributed by atoms with van der Waals surface area (Å²) < 4.78 is 0. The molecule has 0 aliphatic heterocycles. The zero-order chi connectivity index (χ0) is 13.5. The van der Waals surface area contributed by atoms with Crippen LogP contribution in [0.25, 0.3) is 0 Å². The van der Waals surface area contributed by atoms with Gasteiger partial charge in [-0.3, -0.25) is 0 Å². The molecular weight excluding hydrogens is 236 g/mol. The lowest BCUT2D eigenvalue weighted by molar-refractivity contribution is 0.982. The van der Waals surface area contributed by atoms with E-state index in [1.54, 1.807) is 0 Å². The maximum Gasteiger partial charge on any atom is 0.0487 e. The molecule has 2 aromatic carbocycles. The largest absolute Gasteiger partial charge is 0.322 e. The molecule has 100 valence electrons. The quantitative estimate of drug-likeness (QED) is 0.599. The predicted molar refractivity (Wildman–Crippen MR) is 81.1 cm³/mol. The molecule has 0 radical (unpaired) electrons. The smallest absolute Gasteiger partial charge is 0.0487 e. The summed E-state index contributed by atoms with van der Waals surface area (Å²) >= 11 is 0. The lowest BCUT2D eigenvalue weighted by Crippen LogP contribution is -2.14. The molecule has 4 N–H and O–H groups in total. The number of hydrogen-bond acceptors (Lipinski definition) is 4. The van der Waals surface area contributed by atoms with E-state index in [1.807, 2.05) is 14.1 Å². The molecule has 0 saturated heterocycles. The number of nitrogens with one attached hydrogen (secondary N) is 4. The molecule has 0 spiro atoms. The van der Waals surface area contributed by atoms with Gasteiger partial charge in [0.1, 0.15) is 0 Å². The molecule has 4 nitrogen and oxygen atoms in total. The van der Waals surface area contributed by atoms with Crippen molar-refractivity contribution in [3.05, 3.63) is 59.7 Å². The van der Waals surface area contributed by atoms with Gasteiger partial charge in [0.2, 0.25) is 0 Å². The van der Waals surface area contributed by atoms with Gasteiger partial charge in [-0.05, 0) is 41.8 Å². The highest BCUT2D eigenvalue weighted by molar-refractivity contribution is 5.46. The Morgan fingerprint density at radius 1 is 0.632 bits per heavy atom. The van der Waals surface area contributed by atoms with Crippen LogP contribution in [-0.4, -0.2) is 14.1 Å². The standard InChI is InChI=1S/C15H20N4/c1-16-18-14-7-3-12(4-8-14)11-13-5-9-15(10-6-13)19-17-2/h3-10,16-19H,11H2,1-2H3. The number of hydrazine groups is 2. The SMILES string of the molecule is CNNc1ccc(Cc2ccc(NNC)cc2)cc1. The third kappa shape index (κ3) is 3.98. The Morgan fingerprint density at radius 3 is 1.32 bits per heavy atom. The van der Waals surface area contributed by atoms with Crippen LogP contribution >= 0.6 is 0 Å². The van der Waals surface area contributed by atoms with Gasteiger partial charge in [-0.25, -0.2) is 10.9 Å². The third-order valence-corrected chi connectivity index (χ3v) is 2.85. The lowest BCUT2D eigenvalue weighted by Gasteiger charge is -2.07. The van der Waals surface area contributed by atoms with Crippen LogP contribution in [0, 0.1) is 0 Å². The molecule has 0 atom stereocenters. The molecule has 0 fully saturated rings. The summed E-state index contributed by atoms with van der Waals surface area (Å²) in [4.78, 5) is 0. The van der Waals surface area contributed by atoms with Crippen LogP contribution < -0.4 is 21.7 Å². The van der Waals surface area contributed by atoms with E-state index in [-0.39, 0.29) is 0 Å². The fourth-order valence-electron chi connectivity index (χ4n) is 1.94. The van der Waals surface area contributed by atoms with Gasteiger partial charge in [-0.2, -0.15) is 0 Å². The van der Waals surface area contributed by atoms with E-state index in [0.29, 0.717) is 0 Å². The number of anilines is 2. The molecule has 2 rings (SSSR count). The van der Waals surface area contributed by atoms with Crippen molar-refractivity contribution in [2.24, 2.45) is 0 Å². The summed E-state index contributed by atoms with van der Waals surface area (Å²) in [5.41, 5.74) is 16.7. The van der Waals surface area contributed by atoms with Crippen LogP contribution in [0.2, 0.25) is 0 Å². The molecule has 0 amide bonds. The predicted octanol–water partition coefficient (Wildman–Crippen LogP) is 2.37. The molecule has 0 aliphatic carbocycles. The molecule has 2 aromatic rings. The second-order valence-electron chi connectivity index (χ2n) is 4.32. The summed E-state index contributed by atoms with van der Waals surface area (Å²) in [5.74, 6) is 0. The van der Waals surface area contributed by atoms with Crippen LogP contribution in [0.15, 0.2) is 48.5 Å². The first-order chi connectivity index (χ1) is 9.31. The zero-order valence-corrected chi connectivity index (χ0v) is 11.3. The monoisotopic (exact) mass is 256 g/mol. The summed E-state index contributed by atoms with van der Waals surface area (Å²) in [6.45, 7) is 0. The molecule has 0 aliphatic rings. The first kappa shape index (κ1) is 13.4. The number of rotatable bonds is 6. The lowest BCUT2D eigenvalue weighted by atomic mass is 10.0. The molecule has 4 heteroatoms. The Hall–Kier alpha value is -2.04. The minimum Gasteiger partial charge on any atom is -0.322 e. The maximum atomic E-state index is 3.05. The second kappa shape index (κ2) is 6.78. The van der Waals surface area contributed by atoms with Crippen LogP contribution in [-0.2, 0) is 6.42 Å². The molecule has 0 unspecified atom stereocenters. The van der Waals surface area contributed by atoms with Crippen LogP contribution in [0.3, 0.4) is 0 Å². The highest BCUT2D eigenvalue weighted by Gasteiger charge is 1.97. The Morgan fingerprint density at radius 2 is 1.00 bits per heavy atom. The van der Waals surface area contributed by atoms with E-state index in [9.17, 15) is 0 Å². The van der Waals surface area contributed by atoms with Crippen molar-refractivity contribution in [1.29, 1.82) is 0 Å². The maximum absolute atomic E-state index is 3.05. The fourth-order valence-corrected chi connectivity index (χ4v) is 1.94. The van der Waals surface area contributed by atoms with Gasteiger partial charge in [0.15, 0.2) is 0 Å². The fraction of sp³-hybridized carbons (Fsp3) is 0.200. The van der Waals surface area contributed by atoms with E-state index in [0.717, 1.165) is 17.8 Å². The summed E-state index contributed by atoms with van der Waals surface area (Å²) in [6.07, 6.45) is 0.944. The van der Waals surface area contributed by atoms with E-state index in [1.165, 1.54) is 11.1 Å². The summed E-state index contributed by atoms with van der Waals surface area (Å²) in [6, 6.07) is 16.8. The molecule has 0 heterocycles. The summed E-state index contributed by atoms with van der Waals surface area (Å²) in [7, 11) is 3.71. The van der Waals surface area contributed by atoms with Gasteiger partial charge >= 0.3 is 0 Å². The van der Waals surface area contributed by atoms with E-state index in [2.05, 4.69) is 70.2 Å². The van der Waals surface area contributed by atoms with Gasteiger partial charge in [-0.1, -0.05) is 24.3 Å². The highest BCUT2D eigenvalue weighted by Crippen LogP contribution is 2.15.